The van der Waals surface area contributed by atoms with E-state index >= 15 is 0 Å². The Bertz CT molecular complexity index is 658. The van der Waals surface area contributed by atoms with Gasteiger partial charge in [0.25, 0.3) is 0 Å². The molecule has 0 aromatic carbocycles. The van der Waals surface area contributed by atoms with Crippen LogP contribution in [0.1, 0.15) is 30.0 Å². The third-order valence-electron chi connectivity index (χ3n) is 4.28. The molecule has 1 aliphatic heterocycles. The van der Waals surface area contributed by atoms with Gasteiger partial charge in [0.15, 0.2) is 0 Å². The van der Waals surface area contributed by atoms with E-state index in [1.165, 1.54) is 0 Å². The first kappa shape index (κ1) is 16.4. The number of carbonyl (C=O) groups is 1. The monoisotopic (exact) mass is 329 g/mol. The Kier molecular flexibility index (Phi) is 5.10. The molecule has 128 valence electrons. The average Bonchev–Trinajstić information content (AvgIpc) is 2.88. The van der Waals surface area contributed by atoms with Crippen molar-refractivity contribution in [3.63, 3.8) is 0 Å². The highest BCUT2D eigenvalue weighted by Crippen LogP contribution is 2.15. The number of urea groups is 1. The topological polar surface area (TPSA) is 83.3 Å². The van der Waals surface area contributed by atoms with Crippen molar-refractivity contribution in [3.05, 3.63) is 41.5 Å². The Morgan fingerprint density at radius 3 is 2.75 bits per heavy atom. The van der Waals surface area contributed by atoms with Crippen LogP contribution in [0.2, 0.25) is 0 Å². The molecule has 3 rings (SSSR count). The number of hydrogen-bond acceptors (Lipinski definition) is 5. The number of rotatable bonds is 4. The number of carbonyl (C=O) groups excluding carboxylic acids is 1. The van der Waals surface area contributed by atoms with Gasteiger partial charge in [0, 0.05) is 31.9 Å². The zero-order valence-electron chi connectivity index (χ0n) is 14.1. The normalized spacial score (nSPS) is 16.1. The van der Waals surface area contributed by atoms with Crippen LogP contribution in [-0.4, -0.2) is 40.0 Å². The molecule has 0 radical (unpaired) electrons. The SMILES string of the molecule is Cc1nc(NC(=O)NC2CCN(Cc3ccccn3)CC2)oc1C. The molecule has 0 bridgehead atoms. The molecule has 0 saturated carbocycles. The summed E-state index contributed by atoms with van der Waals surface area (Å²) >= 11 is 0. The maximum absolute atomic E-state index is 12.0. The molecule has 1 aliphatic rings. The summed E-state index contributed by atoms with van der Waals surface area (Å²) in [6.45, 7) is 6.41. The van der Waals surface area contributed by atoms with Crippen molar-refractivity contribution in [2.75, 3.05) is 18.4 Å². The fourth-order valence-electron chi connectivity index (χ4n) is 2.80. The Morgan fingerprint density at radius 2 is 2.12 bits per heavy atom. The average molecular weight is 329 g/mol. The molecule has 1 saturated heterocycles. The number of nitrogens with zero attached hydrogens (tertiary/aromatic N) is 3. The highest BCUT2D eigenvalue weighted by Gasteiger charge is 2.21. The third-order valence-corrected chi connectivity index (χ3v) is 4.28. The third kappa shape index (κ3) is 4.32. The van der Waals surface area contributed by atoms with Crippen molar-refractivity contribution < 1.29 is 9.21 Å². The van der Waals surface area contributed by atoms with Crippen LogP contribution in [-0.2, 0) is 6.54 Å². The van der Waals surface area contributed by atoms with Gasteiger partial charge in [0.2, 0.25) is 0 Å². The molecule has 2 aromatic rings. The van der Waals surface area contributed by atoms with Crippen LogP contribution in [0.4, 0.5) is 10.8 Å². The lowest BCUT2D eigenvalue weighted by Crippen LogP contribution is -2.45. The van der Waals surface area contributed by atoms with Gasteiger partial charge >= 0.3 is 12.0 Å². The molecule has 0 unspecified atom stereocenters. The predicted octanol–water partition coefficient (Wildman–Crippen LogP) is 2.47. The molecular formula is C17H23N5O2. The van der Waals surface area contributed by atoms with Crippen molar-refractivity contribution in [2.24, 2.45) is 0 Å². The first-order chi connectivity index (χ1) is 11.6. The van der Waals surface area contributed by atoms with E-state index in [2.05, 4.69) is 25.5 Å². The number of likely N-dealkylation sites (tertiary alicyclic amines) is 1. The van der Waals surface area contributed by atoms with E-state index < -0.39 is 0 Å². The molecule has 1 fully saturated rings. The van der Waals surface area contributed by atoms with E-state index in [9.17, 15) is 4.79 Å². The number of oxazole rings is 1. The van der Waals surface area contributed by atoms with E-state index in [0.717, 1.165) is 43.9 Å². The van der Waals surface area contributed by atoms with Crippen LogP contribution >= 0.6 is 0 Å². The highest BCUT2D eigenvalue weighted by atomic mass is 16.4. The Hall–Kier alpha value is -2.41. The zero-order valence-corrected chi connectivity index (χ0v) is 14.1. The molecule has 7 nitrogen and oxygen atoms in total. The smallest absolute Gasteiger partial charge is 0.323 e. The van der Waals surface area contributed by atoms with Crippen molar-refractivity contribution in [1.82, 2.24) is 20.2 Å². The van der Waals surface area contributed by atoms with Gasteiger partial charge in [0.05, 0.1) is 11.4 Å². The summed E-state index contributed by atoms with van der Waals surface area (Å²) in [6.07, 6.45) is 3.66. The van der Waals surface area contributed by atoms with Crippen molar-refractivity contribution in [1.29, 1.82) is 0 Å². The van der Waals surface area contributed by atoms with Crippen LogP contribution < -0.4 is 10.6 Å². The lowest BCUT2D eigenvalue weighted by molar-refractivity contribution is 0.188. The van der Waals surface area contributed by atoms with Gasteiger partial charge in [-0.15, -0.1) is 0 Å². The maximum atomic E-state index is 12.0. The number of amides is 2. The summed E-state index contributed by atoms with van der Waals surface area (Å²) in [5, 5.41) is 5.64. The standard InChI is InChI=1S/C17H23N5O2/c1-12-13(2)24-17(19-12)21-16(23)20-14-6-9-22(10-7-14)11-15-5-3-4-8-18-15/h3-5,8,14H,6-7,9-11H2,1-2H3,(H2,19,20,21,23). The number of aromatic nitrogens is 2. The molecule has 2 amide bonds. The molecule has 3 heterocycles. The van der Waals surface area contributed by atoms with Gasteiger partial charge in [-0.2, -0.15) is 4.98 Å². The number of hydrogen-bond donors (Lipinski definition) is 2. The van der Waals surface area contributed by atoms with Gasteiger partial charge in [-0.05, 0) is 38.8 Å². The summed E-state index contributed by atoms with van der Waals surface area (Å²) in [5.74, 6) is 0.716. The van der Waals surface area contributed by atoms with Crippen LogP contribution in [0.5, 0.6) is 0 Å². The van der Waals surface area contributed by atoms with Gasteiger partial charge < -0.3 is 9.73 Å². The van der Waals surface area contributed by atoms with Crippen molar-refractivity contribution in [2.45, 2.75) is 39.3 Å². The Morgan fingerprint density at radius 1 is 1.33 bits per heavy atom. The second kappa shape index (κ2) is 7.44. The number of pyridine rings is 1. The van der Waals surface area contributed by atoms with E-state index in [1.807, 2.05) is 38.2 Å². The Balaban J connectivity index is 1.42. The van der Waals surface area contributed by atoms with Crippen LogP contribution in [0.25, 0.3) is 0 Å². The fraction of sp³-hybridized carbons (Fsp3) is 0.471. The number of nitrogens with one attached hydrogen (secondary N) is 2. The molecule has 24 heavy (non-hydrogen) atoms. The predicted molar refractivity (Wildman–Crippen MR) is 90.7 cm³/mol. The van der Waals surface area contributed by atoms with Crippen LogP contribution in [0.3, 0.4) is 0 Å². The number of piperidine rings is 1. The first-order valence-corrected chi connectivity index (χ1v) is 8.24. The molecule has 2 N–H and O–H groups in total. The number of anilines is 1. The second-order valence-corrected chi connectivity index (χ2v) is 6.13. The summed E-state index contributed by atoms with van der Waals surface area (Å²) in [4.78, 5) is 22.9. The lowest BCUT2D eigenvalue weighted by Gasteiger charge is -2.31. The molecular weight excluding hydrogens is 306 g/mol. The van der Waals surface area contributed by atoms with Gasteiger partial charge in [-0.25, -0.2) is 4.79 Å². The second-order valence-electron chi connectivity index (χ2n) is 6.13. The van der Waals surface area contributed by atoms with Crippen molar-refractivity contribution >= 4 is 12.0 Å². The maximum Gasteiger partial charge on any atom is 0.323 e. The Labute approximate surface area is 141 Å². The minimum Gasteiger partial charge on any atom is -0.428 e. The summed E-state index contributed by atoms with van der Waals surface area (Å²) in [7, 11) is 0. The minimum atomic E-state index is -0.264. The largest absolute Gasteiger partial charge is 0.428 e. The van der Waals surface area contributed by atoms with E-state index in [1.54, 1.807) is 0 Å². The van der Waals surface area contributed by atoms with E-state index in [-0.39, 0.29) is 18.1 Å². The fourth-order valence-corrected chi connectivity index (χ4v) is 2.80. The highest BCUT2D eigenvalue weighted by molar-refractivity contribution is 5.87. The van der Waals surface area contributed by atoms with Crippen LogP contribution in [0.15, 0.2) is 28.8 Å². The molecule has 7 heteroatoms. The molecule has 0 atom stereocenters. The number of aryl methyl sites for hydroxylation is 2. The van der Waals surface area contributed by atoms with Crippen molar-refractivity contribution in [3.8, 4) is 0 Å². The van der Waals surface area contributed by atoms with E-state index in [0.29, 0.717) is 5.76 Å². The zero-order chi connectivity index (χ0) is 16.9. The molecule has 0 spiro atoms. The van der Waals surface area contributed by atoms with E-state index in [4.69, 9.17) is 4.42 Å². The van der Waals surface area contributed by atoms with Gasteiger partial charge in [-0.1, -0.05) is 6.07 Å². The van der Waals surface area contributed by atoms with Gasteiger partial charge in [-0.3, -0.25) is 15.2 Å². The quantitative estimate of drug-likeness (QED) is 0.900. The molecule has 0 aliphatic carbocycles. The van der Waals surface area contributed by atoms with Gasteiger partial charge in [0.1, 0.15) is 5.76 Å². The van der Waals surface area contributed by atoms with Crippen LogP contribution in [0, 0.1) is 13.8 Å². The lowest BCUT2D eigenvalue weighted by atomic mass is 10.1. The minimum absolute atomic E-state index is 0.169. The first-order valence-electron chi connectivity index (χ1n) is 8.24. The summed E-state index contributed by atoms with van der Waals surface area (Å²) in [6, 6.07) is 6.12. The molecule has 2 aromatic heterocycles. The summed E-state index contributed by atoms with van der Waals surface area (Å²) < 4.78 is 5.36. The summed E-state index contributed by atoms with van der Waals surface area (Å²) in [5.41, 5.74) is 1.87.